The molecule has 1 aliphatic heterocycles. The van der Waals surface area contributed by atoms with Crippen molar-refractivity contribution in [2.75, 3.05) is 25.5 Å². The number of hydroxylamine groups is 1. The van der Waals surface area contributed by atoms with Gasteiger partial charge in [-0.05, 0) is 48.6 Å². The van der Waals surface area contributed by atoms with E-state index in [0.29, 0.717) is 17.4 Å². The topological polar surface area (TPSA) is 129 Å². The Morgan fingerprint density at radius 1 is 1.02 bits per heavy atom. The van der Waals surface area contributed by atoms with Crippen LogP contribution in [0.3, 0.4) is 0 Å². The average molecular weight is 585 g/mol. The van der Waals surface area contributed by atoms with Gasteiger partial charge < -0.3 is 5.32 Å². The Bertz CT molecular complexity index is 1830. The van der Waals surface area contributed by atoms with Crippen molar-refractivity contribution in [3.05, 3.63) is 102 Å². The number of benzene rings is 2. The molecular formula is C34H32N8O2. The molecule has 2 aromatic carbocycles. The van der Waals surface area contributed by atoms with Crippen LogP contribution in [0.1, 0.15) is 40.3 Å². The fourth-order valence-corrected chi connectivity index (χ4v) is 5.71. The summed E-state index contributed by atoms with van der Waals surface area (Å²) in [7, 11) is 1.39. The molecule has 44 heavy (non-hydrogen) atoms. The minimum absolute atomic E-state index is 0.178. The first-order chi connectivity index (χ1) is 21.5. The van der Waals surface area contributed by atoms with Gasteiger partial charge in [-0.1, -0.05) is 54.6 Å². The third-order valence-corrected chi connectivity index (χ3v) is 7.95. The number of carbonyl (C=O) groups is 1. The molecule has 10 heteroatoms. The van der Waals surface area contributed by atoms with E-state index in [9.17, 15) is 4.79 Å². The lowest BCUT2D eigenvalue weighted by molar-refractivity contribution is 0.0532. The van der Waals surface area contributed by atoms with Crippen LogP contribution in [0.2, 0.25) is 0 Å². The Labute approximate surface area is 255 Å². The maximum Gasteiger partial charge on any atom is 0.293 e. The zero-order valence-electron chi connectivity index (χ0n) is 24.6. The van der Waals surface area contributed by atoms with Gasteiger partial charge >= 0.3 is 0 Å². The molecule has 10 nitrogen and oxygen atoms in total. The maximum atomic E-state index is 12.4. The quantitative estimate of drug-likeness (QED) is 0.233. The van der Waals surface area contributed by atoms with Gasteiger partial charge in [-0.15, -0.1) is 0 Å². The lowest BCUT2D eigenvalue weighted by atomic mass is 9.92. The highest BCUT2D eigenvalue weighted by atomic mass is 16.6. The Hall–Kier alpha value is -5.24. The summed E-state index contributed by atoms with van der Waals surface area (Å²) in [5.41, 5.74) is 9.52. The summed E-state index contributed by atoms with van der Waals surface area (Å²) in [6.45, 7) is 4.86. The fraction of sp³-hybridized carbons (Fsp3) is 0.235. The second-order valence-corrected chi connectivity index (χ2v) is 10.8. The van der Waals surface area contributed by atoms with Crippen molar-refractivity contribution >= 4 is 22.6 Å². The summed E-state index contributed by atoms with van der Waals surface area (Å²) < 4.78 is 0. The summed E-state index contributed by atoms with van der Waals surface area (Å²) >= 11 is 0. The molecule has 0 atom stereocenters. The van der Waals surface area contributed by atoms with Crippen molar-refractivity contribution in [2.45, 2.75) is 32.4 Å². The number of aryl methyl sites for hydroxylation is 1. The number of nitriles is 1. The lowest BCUT2D eigenvalue weighted by Gasteiger charge is -2.32. The highest BCUT2D eigenvalue weighted by Crippen LogP contribution is 2.37. The number of hydrogen-bond acceptors (Lipinski definition) is 9. The molecule has 0 radical (unpaired) electrons. The number of pyridine rings is 2. The van der Waals surface area contributed by atoms with Crippen LogP contribution in [0.5, 0.6) is 0 Å². The molecule has 1 fully saturated rings. The predicted molar refractivity (Wildman–Crippen MR) is 168 cm³/mol. The highest BCUT2D eigenvalue weighted by molar-refractivity contribution is 5.99. The lowest BCUT2D eigenvalue weighted by Crippen LogP contribution is -2.38. The molecule has 1 aliphatic rings. The molecule has 0 aliphatic carbocycles. The molecule has 2 N–H and O–H groups in total. The normalized spacial score (nSPS) is 13.8. The summed E-state index contributed by atoms with van der Waals surface area (Å²) in [6, 6.07) is 24.6. The molecular weight excluding hydrogens is 552 g/mol. The van der Waals surface area contributed by atoms with E-state index in [0.717, 1.165) is 65.8 Å². The van der Waals surface area contributed by atoms with E-state index in [1.54, 1.807) is 24.5 Å². The van der Waals surface area contributed by atoms with Crippen LogP contribution in [0, 0.1) is 18.3 Å². The van der Waals surface area contributed by atoms with E-state index < -0.39 is 5.91 Å². The molecule has 0 bridgehead atoms. The third kappa shape index (κ3) is 6.24. The van der Waals surface area contributed by atoms with Crippen molar-refractivity contribution < 1.29 is 9.63 Å². The van der Waals surface area contributed by atoms with E-state index in [-0.39, 0.29) is 11.5 Å². The Balaban J connectivity index is 1.22. The van der Waals surface area contributed by atoms with Gasteiger partial charge in [0.05, 0.1) is 18.3 Å². The first-order valence-corrected chi connectivity index (χ1v) is 14.5. The van der Waals surface area contributed by atoms with E-state index in [2.05, 4.69) is 74.0 Å². The molecule has 0 saturated carbocycles. The number of amides is 1. The molecule has 4 heterocycles. The summed E-state index contributed by atoms with van der Waals surface area (Å²) in [6.07, 6.45) is 5.30. The first kappa shape index (κ1) is 28.9. The zero-order chi connectivity index (χ0) is 30.5. The molecule has 3 aromatic heterocycles. The minimum atomic E-state index is -0.422. The number of nitrogens with zero attached hydrogens (tertiary/aromatic N) is 6. The van der Waals surface area contributed by atoms with E-state index >= 15 is 0 Å². The Morgan fingerprint density at radius 3 is 2.52 bits per heavy atom. The monoisotopic (exact) mass is 584 g/mol. The number of carbonyl (C=O) groups excluding carboxylic acids is 1. The second kappa shape index (κ2) is 13.0. The van der Waals surface area contributed by atoms with Crippen LogP contribution in [0.25, 0.3) is 33.3 Å². The predicted octanol–water partition coefficient (Wildman–Crippen LogP) is 5.30. The second-order valence-electron chi connectivity index (χ2n) is 10.8. The van der Waals surface area contributed by atoms with Crippen molar-refractivity contribution in [3.63, 3.8) is 0 Å². The van der Waals surface area contributed by atoms with Crippen LogP contribution < -0.4 is 10.8 Å². The molecule has 5 aromatic rings. The van der Waals surface area contributed by atoms with E-state index in [4.69, 9.17) is 15.1 Å². The van der Waals surface area contributed by atoms with Crippen LogP contribution in [0.4, 0.5) is 5.82 Å². The number of rotatable bonds is 8. The van der Waals surface area contributed by atoms with Crippen molar-refractivity contribution in [1.29, 1.82) is 5.26 Å². The van der Waals surface area contributed by atoms with Gasteiger partial charge in [0.2, 0.25) is 5.82 Å². The van der Waals surface area contributed by atoms with Crippen molar-refractivity contribution in [1.82, 2.24) is 30.3 Å². The SMILES string of the molecule is CONC(=O)c1cc2nc(-c3ccc(CN4CCC(Nc5ccnc(C#N)n5)CC4)cc3)c(-c3ccccc3)c(C)c2cn1. The third-order valence-electron chi connectivity index (χ3n) is 7.95. The maximum absolute atomic E-state index is 12.4. The smallest absolute Gasteiger partial charge is 0.293 e. The molecule has 220 valence electrons. The van der Waals surface area contributed by atoms with Gasteiger partial charge in [0.25, 0.3) is 5.91 Å². The summed E-state index contributed by atoms with van der Waals surface area (Å²) in [4.78, 5) is 37.3. The van der Waals surface area contributed by atoms with E-state index in [1.165, 1.54) is 12.7 Å². The Morgan fingerprint density at radius 2 is 1.80 bits per heavy atom. The number of piperidine rings is 1. The van der Waals surface area contributed by atoms with Crippen LogP contribution in [-0.4, -0.2) is 57.0 Å². The minimum Gasteiger partial charge on any atom is -0.367 e. The average Bonchev–Trinajstić information content (AvgIpc) is 3.06. The number of likely N-dealkylation sites (tertiary alicyclic amines) is 1. The molecule has 1 saturated heterocycles. The van der Waals surface area contributed by atoms with Crippen LogP contribution in [-0.2, 0) is 11.4 Å². The van der Waals surface area contributed by atoms with Gasteiger partial charge in [-0.3, -0.25) is 19.5 Å². The number of aromatic nitrogens is 4. The molecule has 1 amide bonds. The van der Waals surface area contributed by atoms with Gasteiger partial charge in [0, 0.05) is 54.6 Å². The first-order valence-electron chi connectivity index (χ1n) is 14.5. The summed E-state index contributed by atoms with van der Waals surface area (Å²) in [5.74, 6) is 0.453. The number of hydrogen-bond donors (Lipinski definition) is 2. The molecule has 0 unspecified atom stereocenters. The Kier molecular flexibility index (Phi) is 8.50. The molecule has 6 rings (SSSR count). The van der Waals surface area contributed by atoms with Gasteiger partial charge in [0.15, 0.2) is 0 Å². The van der Waals surface area contributed by atoms with E-state index in [1.807, 2.05) is 24.3 Å². The highest BCUT2D eigenvalue weighted by Gasteiger charge is 2.21. The van der Waals surface area contributed by atoms with Crippen LogP contribution in [0.15, 0.2) is 79.1 Å². The summed E-state index contributed by atoms with van der Waals surface area (Å²) in [5, 5.41) is 13.4. The molecule has 0 spiro atoms. The van der Waals surface area contributed by atoms with Gasteiger partial charge in [-0.25, -0.2) is 20.4 Å². The van der Waals surface area contributed by atoms with Crippen molar-refractivity contribution in [3.8, 4) is 28.5 Å². The number of nitrogens with one attached hydrogen (secondary N) is 2. The largest absolute Gasteiger partial charge is 0.367 e. The van der Waals surface area contributed by atoms with Crippen molar-refractivity contribution in [2.24, 2.45) is 0 Å². The van der Waals surface area contributed by atoms with Crippen LogP contribution >= 0.6 is 0 Å². The number of anilines is 1. The van der Waals surface area contributed by atoms with Gasteiger partial charge in [-0.2, -0.15) is 5.26 Å². The van der Waals surface area contributed by atoms with Gasteiger partial charge in [0.1, 0.15) is 17.6 Å². The fourth-order valence-electron chi connectivity index (χ4n) is 5.71. The number of fused-ring (bicyclic) bond motifs is 1. The zero-order valence-corrected chi connectivity index (χ0v) is 24.6. The standard InChI is InChI=1S/C34H32N8O2/c1-22-27-20-37-29(34(43)41-44-2)18-28(27)39-33(32(22)24-6-4-3-5-7-24)25-10-8-23(9-11-25)21-42-16-13-26(14-17-42)38-30-12-15-36-31(19-35)40-30/h3-12,15,18,20,26H,13-14,16-17,21H2,1-2H3,(H,41,43)(H,36,38,40).